The van der Waals surface area contributed by atoms with Crippen molar-refractivity contribution in [3.63, 3.8) is 0 Å². The molecule has 0 saturated carbocycles. The highest BCUT2D eigenvalue weighted by molar-refractivity contribution is 6.31. The van der Waals surface area contributed by atoms with Crippen molar-refractivity contribution in [2.45, 2.75) is 0 Å². The third kappa shape index (κ3) is 1.80. The minimum atomic E-state index is 0.672. The molecule has 0 atom stereocenters. The Labute approximate surface area is 120 Å². The summed E-state index contributed by atoms with van der Waals surface area (Å²) >= 11 is 6.07. The van der Waals surface area contributed by atoms with Gasteiger partial charge in [0.25, 0.3) is 0 Å². The first-order valence-corrected chi connectivity index (χ1v) is 6.95. The van der Waals surface area contributed by atoms with Gasteiger partial charge in [-0.2, -0.15) is 5.10 Å². The fourth-order valence-electron chi connectivity index (χ4n) is 2.58. The summed E-state index contributed by atoms with van der Waals surface area (Å²) in [5, 5.41) is 8.32. The minimum Gasteiger partial charge on any atom is -0.351 e. The number of piperazine rings is 1. The van der Waals surface area contributed by atoms with Gasteiger partial charge in [-0.25, -0.2) is 14.5 Å². The van der Waals surface area contributed by atoms with Gasteiger partial charge in [-0.3, -0.25) is 0 Å². The molecule has 1 N–H and O–H groups in total. The number of nitrogens with one attached hydrogen (secondary N) is 1. The van der Waals surface area contributed by atoms with E-state index >= 15 is 0 Å². The van der Waals surface area contributed by atoms with E-state index in [4.69, 9.17) is 16.6 Å². The molecule has 0 aliphatic carbocycles. The van der Waals surface area contributed by atoms with Gasteiger partial charge in [0.2, 0.25) is 0 Å². The molecule has 0 radical (unpaired) electrons. The zero-order chi connectivity index (χ0) is 13.5. The average molecular weight is 289 g/mol. The largest absolute Gasteiger partial charge is 0.351 e. The zero-order valence-corrected chi connectivity index (χ0v) is 11.5. The van der Waals surface area contributed by atoms with Crippen molar-refractivity contribution in [3.8, 4) is 0 Å². The number of halogens is 1. The zero-order valence-electron chi connectivity index (χ0n) is 10.8. The lowest BCUT2D eigenvalue weighted by Gasteiger charge is -2.28. The Balaban J connectivity index is 1.99. The third-order valence-electron chi connectivity index (χ3n) is 3.56. The lowest BCUT2D eigenvalue weighted by atomic mass is 10.3. The standard InChI is InChI=1S/C13H13ClN6/c14-9-1-2-10-11(7-9)20-12(16-8-17-20)13(18-10)19-5-3-15-4-6-19/h1-2,7-8,15H,3-6H2. The first kappa shape index (κ1) is 11.9. The first-order valence-electron chi connectivity index (χ1n) is 6.57. The van der Waals surface area contributed by atoms with Crippen LogP contribution in [-0.2, 0) is 0 Å². The summed E-state index contributed by atoms with van der Waals surface area (Å²) in [6.07, 6.45) is 1.56. The van der Waals surface area contributed by atoms with Gasteiger partial charge >= 0.3 is 0 Å². The number of nitrogens with zero attached hydrogens (tertiary/aromatic N) is 5. The van der Waals surface area contributed by atoms with E-state index in [0.717, 1.165) is 48.7 Å². The monoisotopic (exact) mass is 288 g/mol. The summed E-state index contributed by atoms with van der Waals surface area (Å²) in [4.78, 5) is 11.4. The Kier molecular flexibility index (Phi) is 2.71. The highest BCUT2D eigenvalue weighted by Gasteiger charge is 2.18. The van der Waals surface area contributed by atoms with Crippen LogP contribution < -0.4 is 10.2 Å². The molecule has 1 aliphatic heterocycles. The lowest BCUT2D eigenvalue weighted by Crippen LogP contribution is -2.44. The highest BCUT2D eigenvalue weighted by atomic mass is 35.5. The van der Waals surface area contributed by atoms with Crippen LogP contribution in [0.2, 0.25) is 5.02 Å². The van der Waals surface area contributed by atoms with Crippen molar-refractivity contribution >= 4 is 34.1 Å². The van der Waals surface area contributed by atoms with Gasteiger partial charge < -0.3 is 10.2 Å². The van der Waals surface area contributed by atoms with Crippen LogP contribution in [0.25, 0.3) is 16.7 Å². The lowest BCUT2D eigenvalue weighted by molar-refractivity contribution is 0.586. The fraction of sp³-hybridized carbons (Fsp3) is 0.308. The second-order valence-electron chi connectivity index (χ2n) is 4.80. The molecule has 0 bridgehead atoms. The predicted molar refractivity (Wildman–Crippen MR) is 78.4 cm³/mol. The van der Waals surface area contributed by atoms with Crippen molar-refractivity contribution in [1.29, 1.82) is 0 Å². The molecule has 0 amide bonds. The Morgan fingerprint density at radius 1 is 1.20 bits per heavy atom. The van der Waals surface area contributed by atoms with Crippen LogP contribution in [0.3, 0.4) is 0 Å². The molecule has 1 aliphatic rings. The van der Waals surface area contributed by atoms with Crippen LogP contribution in [0.4, 0.5) is 5.82 Å². The fourth-order valence-corrected chi connectivity index (χ4v) is 2.75. The van der Waals surface area contributed by atoms with Gasteiger partial charge in [0.05, 0.1) is 11.0 Å². The topological polar surface area (TPSA) is 58.4 Å². The number of hydrogen-bond donors (Lipinski definition) is 1. The average Bonchev–Trinajstić information content (AvgIpc) is 2.97. The number of aromatic nitrogens is 4. The number of hydrogen-bond acceptors (Lipinski definition) is 5. The molecule has 7 heteroatoms. The first-order chi connectivity index (χ1) is 9.83. The molecule has 6 nitrogen and oxygen atoms in total. The van der Waals surface area contributed by atoms with Crippen LogP contribution in [0.15, 0.2) is 24.5 Å². The molecule has 0 spiro atoms. The second-order valence-corrected chi connectivity index (χ2v) is 5.24. The van der Waals surface area contributed by atoms with E-state index in [2.05, 4.69) is 20.3 Å². The number of benzene rings is 1. The molecule has 4 rings (SSSR count). The van der Waals surface area contributed by atoms with Crippen molar-refractivity contribution < 1.29 is 0 Å². The van der Waals surface area contributed by atoms with E-state index in [1.807, 2.05) is 22.7 Å². The van der Waals surface area contributed by atoms with Gasteiger partial charge in [-0.05, 0) is 18.2 Å². The molecular weight excluding hydrogens is 276 g/mol. The van der Waals surface area contributed by atoms with Crippen molar-refractivity contribution in [2.75, 3.05) is 31.1 Å². The Hall–Kier alpha value is -1.92. The van der Waals surface area contributed by atoms with Crippen molar-refractivity contribution in [1.82, 2.24) is 24.9 Å². The maximum Gasteiger partial charge on any atom is 0.199 e. The number of anilines is 1. The summed E-state index contributed by atoms with van der Waals surface area (Å²) in [6, 6.07) is 5.64. The second kappa shape index (κ2) is 4.57. The SMILES string of the molecule is Clc1ccc2nc(N3CCNCC3)c3ncnn3c2c1. The molecule has 1 fully saturated rings. The molecule has 102 valence electrons. The van der Waals surface area contributed by atoms with Crippen LogP contribution in [0.5, 0.6) is 0 Å². The number of rotatable bonds is 1. The summed E-state index contributed by atoms with van der Waals surface area (Å²) in [7, 11) is 0. The summed E-state index contributed by atoms with van der Waals surface area (Å²) in [5.74, 6) is 0.888. The molecule has 1 aromatic carbocycles. The van der Waals surface area contributed by atoms with Crippen LogP contribution in [0.1, 0.15) is 0 Å². The van der Waals surface area contributed by atoms with Crippen LogP contribution in [0, 0.1) is 0 Å². The molecule has 2 aromatic heterocycles. The molecule has 3 heterocycles. The maximum absolute atomic E-state index is 6.07. The summed E-state index contributed by atoms with van der Waals surface area (Å²) < 4.78 is 1.81. The van der Waals surface area contributed by atoms with Gasteiger partial charge in [0.1, 0.15) is 6.33 Å². The van der Waals surface area contributed by atoms with E-state index < -0.39 is 0 Å². The molecule has 3 aromatic rings. The summed E-state index contributed by atoms with van der Waals surface area (Å²) in [6.45, 7) is 3.77. The van der Waals surface area contributed by atoms with Crippen molar-refractivity contribution in [3.05, 3.63) is 29.5 Å². The highest BCUT2D eigenvalue weighted by Crippen LogP contribution is 2.24. The Bertz CT molecular complexity index is 777. The predicted octanol–water partition coefficient (Wildman–Crippen LogP) is 1.34. The van der Waals surface area contributed by atoms with E-state index in [9.17, 15) is 0 Å². The minimum absolute atomic E-state index is 0.672. The van der Waals surface area contributed by atoms with E-state index in [-0.39, 0.29) is 0 Å². The Morgan fingerprint density at radius 2 is 2.05 bits per heavy atom. The smallest absolute Gasteiger partial charge is 0.199 e. The normalized spacial score (nSPS) is 16.1. The van der Waals surface area contributed by atoms with Crippen LogP contribution >= 0.6 is 11.6 Å². The number of fused-ring (bicyclic) bond motifs is 3. The van der Waals surface area contributed by atoms with Gasteiger partial charge in [0, 0.05) is 31.2 Å². The molecular formula is C13H13ClN6. The van der Waals surface area contributed by atoms with E-state index in [1.165, 1.54) is 0 Å². The quantitative estimate of drug-likeness (QED) is 0.732. The maximum atomic E-state index is 6.07. The van der Waals surface area contributed by atoms with Gasteiger partial charge in [-0.15, -0.1) is 0 Å². The Morgan fingerprint density at radius 3 is 2.90 bits per heavy atom. The molecule has 1 saturated heterocycles. The third-order valence-corrected chi connectivity index (χ3v) is 3.79. The molecule has 0 unspecified atom stereocenters. The molecule has 20 heavy (non-hydrogen) atoms. The van der Waals surface area contributed by atoms with Crippen molar-refractivity contribution in [2.24, 2.45) is 0 Å². The van der Waals surface area contributed by atoms with Crippen LogP contribution in [-0.4, -0.2) is 45.8 Å². The van der Waals surface area contributed by atoms with Gasteiger partial charge in [-0.1, -0.05) is 11.6 Å². The van der Waals surface area contributed by atoms with E-state index in [1.54, 1.807) is 6.33 Å². The summed E-state index contributed by atoms with van der Waals surface area (Å²) in [5.41, 5.74) is 2.53. The van der Waals surface area contributed by atoms with E-state index in [0.29, 0.717) is 5.02 Å². The van der Waals surface area contributed by atoms with Gasteiger partial charge in [0.15, 0.2) is 11.5 Å².